The second kappa shape index (κ2) is 2.54. The molecule has 0 spiro atoms. The molecule has 1 heteroatoms. The molecule has 0 aromatic carbocycles. The molecule has 0 aromatic heterocycles. The van der Waals surface area contributed by atoms with Crippen molar-refractivity contribution in [1.82, 2.24) is 0 Å². The van der Waals surface area contributed by atoms with Gasteiger partial charge in [0.25, 0.3) is 0 Å². The quantitative estimate of drug-likeness (QED) is 0.588. The molecular formula is C9H17N. The Morgan fingerprint density at radius 3 is 2.00 bits per heavy atom. The predicted molar refractivity (Wildman–Crippen MR) is 42.6 cm³/mol. The van der Waals surface area contributed by atoms with Crippen molar-refractivity contribution in [2.75, 3.05) is 6.54 Å². The van der Waals surface area contributed by atoms with E-state index in [-0.39, 0.29) is 0 Å². The fourth-order valence-corrected chi connectivity index (χ4v) is 2.99. The summed E-state index contributed by atoms with van der Waals surface area (Å²) in [5.41, 5.74) is 5.72. The molecule has 58 valence electrons. The lowest BCUT2D eigenvalue weighted by atomic mass is 9.79. The first-order chi connectivity index (χ1) is 4.92. The Morgan fingerprint density at radius 2 is 1.60 bits per heavy atom. The highest BCUT2D eigenvalue weighted by atomic mass is 14.6. The summed E-state index contributed by atoms with van der Waals surface area (Å²) in [7, 11) is 0. The summed E-state index contributed by atoms with van der Waals surface area (Å²) in [6, 6.07) is 0. The van der Waals surface area contributed by atoms with E-state index in [4.69, 9.17) is 5.73 Å². The van der Waals surface area contributed by atoms with Crippen LogP contribution < -0.4 is 5.73 Å². The average Bonchev–Trinajstić information content (AvgIpc) is 2.19. The monoisotopic (exact) mass is 139 g/mol. The molecule has 0 radical (unpaired) electrons. The Labute approximate surface area is 63.0 Å². The van der Waals surface area contributed by atoms with Gasteiger partial charge in [0.15, 0.2) is 0 Å². The molecule has 2 bridgehead atoms. The third kappa shape index (κ3) is 0.878. The van der Waals surface area contributed by atoms with E-state index in [1.807, 2.05) is 0 Å². The Bertz CT molecular complexity index is 106. The second-order valence-corrected chi connectivity index (χ2v) is 3.93. The van der Waals surface area contributed by atoms with E-state index in [2.05, 4.69) is 0 Å². The highest BCUT2D eigenvalue weighted by Gasteiger charge is 2.37. The van der Waals surface area contributed by atoms with E-state index in [1.165, 1.54) is 32.1 Å². The molecule has 10 heavy (non-hydrogen) atoms. The highest BCUT2D eigenvalue weighted by Crippen LogP contribution is 2.45. The number of hydrogen-bond donors (Lipinski definition) is 1. The third-order valence-electron chi connectivity index (χ3n) is 3.54. The topological polar surface area (TPSA) is 26.0 Å². The maximum atomic E-state index is 5.72. The summed E-state index contributed by atoms with van der Waals surface area (Å²) in [5.74, 6) is 2.95. The van der Waals surface area contributed by atoms with Gasteiger partial charge in [-0.2, -0.15) is 0 Å². The molecule has 0 saturated heterocycles. The smallest absolute Gasteiger partial charge is 0.00436 e. The molecule has 2 unspecified atom stereocenters. The summed E-state index contributed by atoms with van der Waals surface area (Å²) >= 11 is 0. The van der Waals surface area contributed by atoms with Crippen LogP contribution in [0, 0.1) is 17.8 Å². The standard InChI is InChI=1S/C9H17N/c10-6-9-7-2-1-3-8(9)5-4-7/h7-9H,1-6,10H2. The molecule has 0 aliphatic heterocycles. The first-order valence-corrected chi connectivity index (χ1v) is 4.62. The molecule has 0 heterocycles. The fraction of sp³-hybridized carbons (Fsp3) is 1.00. The molecule has 2 aliphatic carbocycles. The highest BCUT2D eigenvalue weighted by molar-refractivity contribution is 4.88. The average molecular weight is 139 g/mol. The Kier molecular flexibility index (Phi) is 1.69. The first kappa shape index (κ1) is 6.66. The van der Waals surface area contributed by atoms with E-state index in [0.29, 0.717) is 0 Å². The minimum absolute atomic E-state index is 0.911. The van der Waals surface area contributed by atoms with Gasteiger partial charge in [-0.05, 0) is 37.1 Å². The third-order valence-corrected chi connectivity index (χ3v) is 3.54. The van der Waals surface area contributed by atoms with Crippen LogP contribution in [-0.2, 0) is 0 Å². The van der Waals surface area contributed by atoms with Gasteiger partial charge in [-0.15, -0.1) is 0 Å². The fourth-order valence-electron chi connectivity index (χ4n) is 2.99. The van der Waals surface area contributed by atoms with Gasteiger partial charge in [0.05, 0.1) is 0 Å². The van der Waals surface area contributed by atoms with Gasteiger partial charge in [0, 0.05) is 0 Å². The molecule has 2 rings (SSSR count). The maximum absolute atomic E-state index is 5.72. The van der Waals surface area contributed by atoms with Gasteiger partial charge in [-0.1, -0.05) is 19.3 Å². The molecule has 0 amide bonds. The van der Waals surface area contributed by atoms with Gasteiger partial charge >= 0.3 is 0 Å². The number of fused-ring (bicyclic) bond motifs is 2. The van der Waals surface area contributed by atoms with Crippen molar-refractivity contribution >= 4 is 0 Å². The molecule has 2 aliphatic rings. The normalized spacial score (nSPS) is 45.9. The van der Waals surface area contributed by atoms with Crippen LogP contribution in [-0.4, -0.2) is 6.54 Å². The summed E-state index contributed by atoms with van der Waals surface area (Å²) < 4.78 is 0. The first-order valence-electron chi connectivity index (χ1n) is 4.62. The lowest BCUT2D eigenvalue weighted by Gasteiger charge is -2.28. The summed E-state index contributed by atoms with van der Waals surface area (Å²) in [5, 5.41) is 0. The maximum Gasteiger partial charge on any atom is -0.00436 e. The van der Waals surface area contributed by atoms with Crippen LogP contribution in [0.4, 0.5) is 0 Å². The lowest BCUT2D eigenvalue weighted by molar-refractivity contribution is 0.235. The molecule has 2 N–H and O–H groups in total. The summed E-state index contributed by atoms with van der Waals surface area (Å²) in [4.78, 5) is 0. The van der Waals surface area contributed by atoms with E-state index in [0.717, 1.165) is 24.3 Å². The largest absolute Gasteiger partial charge is 0.330 e. The van der Waals surface area contributed by atoms with Crippen LogP contribution in [0.25, 0.3) is 0 Å². The molecule has 2 saturated carbocycles. The zero-order valence-electron chi connectivity index (χ0n) is 6.55. The number of nitrogens with two attached hydrogens (primary N) is 1. The molecule has 2 fully saturated rings. The zero-order chi connectivity index (χ0) is 6.97. The van der Waals surface area contributed by atoms with Gasteiger partial charge in [-0.3, -0.25) is 0 Å². The number of rotatable bonds is 1. The van der Waals surface area contributed by atoms with Crippen LogP contribution >= 0.6 is 0 Å². The molecular weight excluding hydrogens is 122 g/mol. The van der Waals surface area contributed by atoms with Gasteiger partial charge in [0.1, 0.15) is 0 Å². The van der Waals surface area contributed by atoms with Gasteiger partial charge in [0.2, 0.25) is 0 Å². The zero-order valence-corrected chi connectivity index (χ0v) is 6.55. The lowest BCUT2D eigenvalue weighted by Crippen LogP contribution is -2.27. The van der Waals surface area contributed by atoms with Crippen LogP contribution in [0.15, 0.2) is 0 Å². The molecule has 2 atom stereocenters. The molecule has 0 aromatic rings. The summed E-state index contributed by atoms with van der Waals surface area (Å²) in [6.07, 6.45) is 7.38. The van der Waals surface area contributed by atoms with E-state index >= 15 is 0 Å². The SMILES string of the molecule is NCC1C2CCCC1CC2. The predicted octanol–water partition coefficient (Wildman–Crippen LogP) is 1.77. The van der Waals surface area contributed by atoms with Crippen molar-refractivity contribution in [3.8, 4) is 0 Å². The Balaban J connectivity index is 2.06. The minimum Gasteiger partial charge on any atom is -0.330 e. The Morgan fingerprint density at radius 1 is 1.00 bits per heavy atom. The van der Waals surface area contributed by atoms with E-state index < -0.39 is 0 Å². The van der Waals surface area contributed by atoms with Crippen molar-refractivity contribution in [1.29, 1.82) is 0 Å². The van der Waals surface area contributed by atoms with Crippen molar-refractivity contribution < 1.29 is 0 Å². The summed E-state index contributed by atoms with van der Waals surface area (Å²) in [6.45, 7) is 0.954. The molecule has 1 nitrogen and oxygen atoms in total. The Hall–Kier alpha value is -0.0400. The van der Waals surface area contributed by atoms with Crippen LogP contribution in [0.3, 0.4) is 0 Å². The van der Waals surface area contributed by atoms with E-state index in [1.54, 1.807) is 0 Å². The van der Waals surface area contributed by atoms with Crippen molar-refractivity contribution in [3.63, 3.8) is 0 Å². The van der Waals surface area contributed by atoms with Crippen molar-refractivity contribution in [2.45, 2.75) is 32.1 Å². The van der Waals surface area contributed by atoms with Crippen LogP contribution in [0.1, 0.15) is 32.1 Å². The van der Waals surface area contributed by atoms with Crippen molar-refractivity contribution in [2.24, 2.45) is 23.5 Å². The van der Waals surface area contributed by atoms with Crippen LogP contribution in [0.5, 0.6) is 0 Å². The number of hydrogen-bond acceptors (Lipinski definition) is 1. The van der Waals surface area contributed by atoms with E-state index in [9.17, 15) is 0 Å². The van der Waals surface area contributed by atoms with Crippen LogP contribution in [0.2, 0.25) is 0 Å². The van der Waals surface area contributed by atoms with Gasteiger partial charge in [-0.25, -0.2) is 0 Å². The second-order valence-electron chi connectivity index (χ2n) is 3.93. The van der Waals surface area contributed by atoms with Gasteiger partial charge < -0.3 is 5.73 Å². The minimum atomic E-state index is 0.911. The van der Waals surface area contributed by atoms with Crippen molar-refractivity contribution in [3.05, 3.63) is 0 Å².